The maximum Gasteiger partial charge on any atom is 0.0532 e. The van der Waals surface area contributed by atoms with Crippen molar-refractivity contribution in [1.29, 1.82) is 0 Å². The number of allylic oxidation sites excluding steroid dienone is 3. The Bertz CT molecular complexity index is 126. The third-order valence-electron chi connectivity index (χ3n) is 0.824. The zero-order valence-corrected chi connectivity index (χ0v) is 5.35. The third-order valence-corrected chi connectivity index (χ3v) is 1.39. The maximum atomic E-state index is 5.37. The Balaban J connectivity index is 2.69. The first-order valence-corrected chi connectivity index (χ1v) is 3.00. The number of alkyl halides is 1. The molecule has 1 unspecified atom stereocenters. The van der Waals surface area contributed by atoms with E-state index >= 15 is 0 Å². The maximum absolute atomic E-state index is 5.37. The molecule has 2 N–H and O–H groups in total. The van der Waals surface area contributed by atoms with E-state index in [9.17, 15) is 0 Å². The van der Waals surface area contributed by atoms with Crippen molar-refractivity contribution in [2.24, 2.45) is 5.73 Å². The second kappa shape index (κ2) is 1.70. The highest BCUT2D eigenvalue weighted by atomic mass is 79.9. The second-order valence-corrected chi connectivity index (χ2v) is 2.53. The first-order chi connectivity index (χ1) is 3.29. The van der Waals surface area contributed by atoms with Crippen molar-refractivity contribution >= 4 is 15.9 Å². The molecule has 0 aliphatic heterocycles. The molecule has 0 bridgehead atoms. The fraction of sp³-hybridized carbons (Fsp3) is 0.200. The van der Waals surface area contributed by atoms with Crippen LogP contribution in [-0.4, -0.2) is 4.83 Å². The number of nitrogens with two attached hydrogens (primary N) is 1. The molecule has 0 saturated carbocycles. The van der Waals surface area contributed by atoms with Crippen molar-refractivity contribution in [1.82, 2.24) is 0 Å². The summed E-state index contributed by atoms with van der Waals surface area (Å²) < 4.78 is 0. The molecule has 0 radical (unpaired) electrons. The molecule has 38 valence electrons. The molecular weight excluding hydrogens is 154 g/mol. The predicted octanol–water partition coefficient (Wildman–Crippen LogP) is 1.16. The molecule has 1 aliphatic carbocycles. The van der Waals surface area contributed by atoms with E-state index in [0.717, 1.165) is 5.70 Å². The Kier molecular flexibility index (Phi) is 1.19. The smallest absolute Gasteiger partial charge is 0.0532 e. The van der Waals surface area contributed by atoms with E-state index in [4.69, 9.17) is 5.73 Å². The molecule has 0 saturated heterocycles. The van der Waals surface area contributed by atoms with Crippen molar-refractivity contribution in [3.8, 4) is 0 Å². The lowest BCUT2D eigenvalue weighted by Gasteiger charge is -1.83. The van der Waals surface area contributed by atoms with Gasteiger partial charge in [0.15, 0.2) is 0 Å². The van der Waals surface area contributed by atoms with Crippen molar-refractivity contribution in [2.75, 3.05) is 0 Å². The first-order valence-electron chi connectivity index (χ1n) is 2.08. The van der Waals surface area contributed by atoms with Crippen LogP contribution in [0.4, 0.5) is 0 Å². The number of rotatable bonds is 0. The standard InChI is InChI=1S/C5H6BrN/c6-4-1-2-5(7)3-4/h1-4H,7H2. The van der Waals surface area contributed by atoms with Crippen LogP contribution in [0.1, 0.15) is 0 Å². The largest absolute Gasteiger partial charge is 0.399 e. The van der Waals surface area contributed by atoms with Crippen LogP contribution < -0.4 is 5.73 Å². The lowest BCUT2D eigenvalue weighted by molar-refractivity contribution is 1.42. The Morgan fingerprint density at radius 2 is 2.43 bits per heavy atom. The van der Waals surface area contributed by atoms with Crippen LogP contribution in [0.5, 0.6) is 0 Å². The van der Waals surface area contributed by atoms with Crippen LogP contribution >= 0.6 is 15.9 Å². The highest BCUT2D eigenvalue weighted by Gasteiger charge is 1.99. The Labute approximate surface area is 51.0 Å². The van der Waals surface area contributed by atoms with Crippen LogP contribution in [0.25, 0.3) is 0 Å². The average Bonchev–Trinajstić information content (AvgIpc) is 1.87. The number of hydrogen-bond acceptors (Lipinski definition) is 1. The highest BCUT2D eigenvalue weighted by molar-refractivity contribution is 9.09. The Hall–Kier alpha value is -0.240. The zero-order valence-electron chi connectivity index (χ0n) is 3.76. The third kappa shape index (κ3) is 1.06. The van der Waals surface area contributed by atoms with Crippen molar-refractivity contribution < 1.29 is 0 Å². The first kappa shape index (κ1) is 4.91. The quantitative estimate of drug-likeness (QED) is 0.528. The molecule has 7 heavy (non-hydrogen) atoms. The van der Waals surface area contributed by atoms with Gasteiger partial charge in [-0.15, -0.1) is 0 Å². The fourth-order valence-electron chi connectivity index (χ4n) is 0.498. The van der Waals surface area contributed by atoms with Gasteiger partial charge in [0.1, 0.15) is 0 Å². The van der Waals surface area contributed by atoms with Gasteiger partial charge in [0.25, 0.3) is 0 Å². The summed E-state index contributed by atoms with van der Waals surface area (Å²) in [6.45, 7) is 0. The molecule has 0 fully saturated rings. The van der Waals surface area contributed by atoms with Gasteiger partial charge < -0.3 is 5.73 Å². The van der Waals surface area contributed by atoms with Crippen molar-refractivity contribution in [3.63, 3.8) is 0 Å². The summed E-state index contributed by atoms with van der Waals surface area (Å²) in [5.41, 5.74) is 6.22. The van der Waals surface area contributed by atoms with E-state index in [-0.39, 0.29) is 0 Å². The van der Waals surface area contributed by atoms with Crippen molar-refractivity contribution in [2.45, 2.75) is 4.83 Å². The lowest BCUT2D eigenvalue weighted by Crippen LogP contribution is -1.89. The van der Waals surface area contributed by atoms with E-state index in [1.54, 1.807) is 0 Å². The Morgan fingerprint density at radius 3 is 2.57 bits per heavy atom. The molecule has 1 atom stereocenters. The van der Waals surface area contributed by atoms with E-state index < -0.39 is 0 Å². The molecule has 0 aromatic heterocycles. The van der Waals surface area contributed by atoms with Crippen LogP contribution in [0, 0.1) is 0 Å². The van der Waals surface area contributed by atoms with E-state index in [2.05, 4.69) is 15.9 Å². The molecular formula is C5H6BrN. The Morgan fingerprint density at radius 1 is 1.71 bits per heavy atom. The number of hydrogen-bond donors (Lipinski definition) is 1. The minimum atomic E-state index is 0.368. The minimum Gasteiger partial charge on any atom is -0.399 e. The molecule has 0 spiro atoms. The van der Waals surface area contributed by atoms with Crippen LogP contribution in [-0.2, 0) is 0 Å². The topological polar surface area (TPSA) is 26.0 Å². The van der Waals surface area contributed by atoms with Gasteiger partial charge in [0.05, 0.1) is 4.83 Å². The second-order valence-electron chi connectivity index (χ2n) is 1.47. The summed E-state index contributed by atoms with van der Waals surface area (Å²) in [6, 6.07) is 0. The van der Waals surface area contributed by atoms with E-state index in [1.165, 1.54) is 0 Å². The molecule has 1 aliphatic rings. The average molecular weight is 160 g/mol. The number of halogens is 1. The zero-order chi connectivity index (χ0) is 5.28. The normalized spacial score (nSPS) is 28.1. The summed E-state index contributed by atoms with van der Waals surface area (Å²) in [5.74, 6) is 0. The van der Waals surface area contributed by atoms with Crippen LogP contribution in [0.15, 0.2) is 23.9 Å². The summed E-state index contributed by atoms with van der Waals surface area (Å²) in [4.78, 5) is 0.368. The summed E-state index contributed by atoms with van der Waals surface area (Å²) >= 11 is 3.34. The van der Waals surface area contributed by atoms with Crippen LogP contribution in [0.3, 0.4) is 0 Å². The van der Waals surface area contributed by atoms with Gasteiger partial charge in [-0.3, -0.25) is 0 Å². The van der Waals surface area contributed by atoms with E-state index in [0.29, 0.717) is 4.83 Å². The summed E-state index contributed by atoms with van der Waals surface area (Å²) in [6.07, 6.45) is 5.83. The fourth-order valence-corrected chi connectivity index (χ4v) is 0.956. The monoisotopic (exact) mass is 159 g/mol. The van der Waals surface area contributed by atoms with Gasteiger partial charge in [-0.2, -0.15) is 0 Å². The predicted molar refractivity (Wildman–Crippen MR) is 34.1 cm³/mol. The molecule has 0 aromatic rings. The summed E-state index contributed by atoms with van der Waals surface area (Å²) in [5, 5.41) is 0. The van der Waals surface area contributed by atoms with Crippen molar-refractivity contribution in [3.05, 3.63) is 23.9 Å². The van der Waals surface area contributed by atoms with Gasteiger partial charge in [-0.25, -0.2) is 0 Å². The van der Waals surface area contributed by atoms with Gasteiger partial charge >= 0.3 is 0 Å². The SMILES string of the molecule is NC1=CC(Br)C=C1. The molecule has 2 heteroatoms. The highest BCUT2D eigenvalue weighted by Crippen LogP contribution is 2.11. The van der Waals surface area contributed by atoms with E-state index in [1.807, 2.05) is 18.2 Å². The molecule has 1 nitrogen and oxygen atoms in total. The molecule has 0 heterocycles. The van der Waals surface area contributed by atoms with Gasteiger partial charge in [-0.05, 0) is 12.2 Å². The van der Waals surface area contributed by atoms with Gasteiger partial charge in [-0.1, -0.05) is 22.0 Å². The van der Waals surface area contributed by atoms with Gasteiger partial charge in [0, 0.05) is 5.70 Å². The van der Waals surface area contributed by atoms with Gasteiger partial charge in [0.2, 0.25) is 0 Å². The lowest BCUT2D eigenvalue weighted by atomic mass is 10.5. The molecule has 1 rings (SSSR count). The minimum absolute atomic E-state index is 0.368. The molecule has 0 aromatic carbocycles. The van der Waals surface area contributed by atoms with Crippen LogP contribution in [0.2, 0.25) is 0 Å². The summed E-state index contributed by atoms with van der Waals surface area (Å²) in [7, 11) is 0. The molecule has 0 amide bonds.